The van der Waals surface area contributed by atoms with Crippen LogP contribution >= 0.6 is 34.8 Å². The van der Waals surface area contributed by atoms with Crippen LogP contribution in [0, 0.1) is 13.8 Å². The summed E-state index contributed by atoms with van der Waals surface area (Å²) in [5.41, 5.74) is 2.96. The van der Waals surface area contributed by atoms with Crippen molar-refractivity contribution in [3.8, 4) is 0 Å². The molecule has 17 heavy (non-hydrogen) atoms. The highest BCUT2D eigenvalue weighted by Gasteiger charge is 2.32. The molecule has 0 unspecified atom stereocenters. The third-order valence-corrected chi connectivity index (χ3v) is 2.90. The number of amides is 1. The molecular formula is C11H13Cl3N2O. The maximum Gasteiger partial charge on any atom is 0.228 e. The fourth-order valence-electron chi connectivity index (χ4n) is 1.42. The Morgan fingerprint density at radius 1 is 1.29 bits per heavy atom. The Balaban J connectivity index is 2.90. The summed E-state index contributed by atoms with van der Waals surface area (Å²) in [6.07, 6.45) is -0.297. The van der Waals surface area contributed by atoms with Crippen molar-refractivity contribution >= 4 is 46.9 Å². The fraction of sp³-hybridized carbons (Fsp3) is 0.364. The molecule has 0 bridgehead atoms. The number of hydrogen-bond acceptors (Lipinski definition) is 2. The molecule has 0 spiro atoms. The predicted octanol–water partition coefficient (Wildman–Crippen LogP) is 3.16. The Bertz CT molecular complexity index is 404. The van der Waals surface area contributed by atoms with E-state index < -0.39 is 9.96 Å². The number of anilines is 1. The third-order valence-electron chi connectivity index (χ3n) is 2.24. The average molecular weight is 296 g/mol. The van der Waals surface area contributed by atoms with E-state index in [1.807, 2.05) is 32.0 Å². The first kappa shape index (κ1) is 14.4. The summed E-state index contributed by atoms with van der Waals surface area (Å²) in [6, 6.07) is 5.81. The highest BCUT2D eigenvalue weighted by molar-refractivity contribution is 6.68. The summed E-state index contributed by atoms with van der Waals surface area (Å²) in [5, 5.41) is 5.40. The number of alkyl halides is 3. The van der Waals surface area contributed by atoms with E-state index in [0.29, 0.717) is 6.41 Å². The van der Waals surface area contributed by atoms with Gasteiger partial charge < -0.3 is 10.6 Å². The number of hydrogen-bond donors (Lipinski definition) is 2. The predicted molar refractivity (Wildman–Crippen MR) is 72.8 cm³/mol. The van der Waals surface area contributed by atoms with E-state index in [9.17, 15) is 4.79 Å². The van der Waals surface area contributed by atoms with Gasteiger partial charge in [-0.2, -0.15) is 0 Å². The number of halogens is 3. The Kier molecular flexibility index (Phi) is 4.92. The van der Waals surface area contributed by atoms with Crippen LogP contribution in [0.5, 0.6) is 0 Å². The maximum atomic E-state index is 10.5. The SMILES string of the molecule is Cc1ccc(N[C@H](NC=O)C(Cl)(Cl)Cl)c(C)c1. The lowest BCUT2D eigenvalue weighted by atomic mass is 10.1. The Hall–Kier alpha value is -0.640. The van der Waals surface area contributed by atoms with Crippen LogP contribution in [0.3, 0.4) is 0 Å². The first-order valence-corrected chi connectivity index (χ1v) is 6.08. The number of carbonyl (C=O) groups excluding carboxylic acids is 1. The fourth-order valence-corrected chi connectivity index (χ4v) is 1.77. The minimum absolute atomic E-state index is 0.489. The summed E-state index contributed by atoms with van der Waals surface area (Å²) < 4.78 is -1.63. The molecule has 3 nitrogen and oxygen atoms in total. The van der Waals surface area contributed by atoms with Crippen LogP contribution in [0.25, 0.3) is 0 Å². The second kappa shape index (κ2) is 5.80. The lowest BCUT2D eigenvalue weighted by molar-refractivity contribution is -0.110. The van der Waals surface area contributed by atoms with Crippen LogP contribution in [-0.4, -0.2) is 16.4 Å². The van der Waals surface area contributed by atoms with Crippen molar-refractivity contribution in [1.29, 1.82) is 0 Å². The second-order valence-corrected chi connectivity index (χ2v) is 6.09. The van der Waals surface area contributed by atoms with Gasteiger partial charge in [-0.3, -0.25) is 4.79 Å². The molecule has 1 atom stereocenters. The lowest BCUT2D eigenvalue weighted by Crippen LogP contribution is -2.45. The zero-order valence-corrected chi connectivity index (χ0v) is 11.7. The Labute approximate surface area is 115 Å². The van der Waals surface area contributed by atoms with E-state index >= 15 is 0 Å². The summed E-state index contributed by atoms with van der Waals surface area (Å²) in [6.45, 7) is 3.93. The Morgan fingerprint density at radius 2 is 1.94 bits per heavy atom. The number of aryl methyl sites for hydroxylation is 2. The highest BCUT2D eigenvalue weighted by Crippen LogP contribution is 2.31. The highest BCUT2D eigenvalue weighted by atomic mass is 35.6. The van der Waals surface area contributed by atoms with Crippen LogP contribution in [0.4, 0.5) is 5.69 Å². The van der Waals surface area contributed by atoms with Crippen LogP contribution in [0.2, 0.25) is 0 Å². The van der Waals surface area contributed by atoms with Crippen molar-refractivity contribution in [3.05, 3.63) is 29.3 Å². The lowest BCUT2D eigenvalue weighted by Gasteiger charge is -2.26. The summed E-state index contributed by atoms with van der Waals surface area (Å²) >= 11 is 17.3. The van der Waals surface area contributed by atoms with Crippen molar-refractivity contribution < 1.29 is 4.79 Å². The number of benzene rings is 1. The van der Waals surface area contributed by atoms with Gasteiger partial charge in [-0.05, 0) is 25.5 Å². The molecule has 1 rings (SSSR count). The van der Waals surface area contributed by atoms with Gasteiger partial charge in [0.15, 0.2) is 0 Å². The van der Waals surface area contributed by atoms with Gasteiger partial charge >= 0.3 is 0 Å². The number of nitrogens with one attached hydrogen (secondary N) is 2. The number of carbonyl (C=O) groups is 1. The van der Waals surface area contributed by atoms with E-state index in [1.165, 1.54) is 0 Å². The first-order valence-electron chi connectivity index (χ1n) is 4.95. The molecule has 0 saturated heterocycles. The van der Waals surface area contributed by atoms with Gasteiger partial charge in [0, 0.05) is 5.69 Å². The molecule has 1 aromatic carbocycles. The van der Waals surface area contributed by atoms with Crippen molar-refractivity contribution in [2.75, 3.05) is 5.32 Å². The maximum absolute atomic E-state index is 10.5. The molecule has 6 heteroatoms. The molecule has 0 aliphatic heterocycles. The van der Waals surface area contributed by atoms with E-state index in [1.54, 1.807) is 0 Å². The van der Waals surface area contributed by atoms with E-state index in [0.717, 1.165) is 16.8 Å². The van der Waals surface area contributed by atoms with Gasteiger partial charge in [-0.25, -0.2) is 0 Å². The van der Waals surface area contributed by atoms with Gasteiger partial charge in [-0.1, -0.05) is 52.5 Å². The average Bonchev–Trinajstić information content (AvgIpc) is 2.19. The normalized spacial score (nSPS) is 13.0. The van der Waals surface area contributed by atoms with Gasteiger partial charge in [0.1, 0.15) is 6.17 Å². The van der Waals surface area contributed by atoms with E-state index in [2.05, 4.69) is 10.6 Å². The van der Waals surface area contributed by atoms with Crippen molar-refractivity contribution in [1.82, 2.24) is 5.32 Å². The van der Waals surface area contributed by atoms with Crippen molar-refractivity contribution in [3.63, 3.8) is 0 Å². The number of rotatable bonds is 4. The molecular weight excluding hydrogens is 282 g/mol. The van der Waals surface area contributed by atoms with Gasteiger partial charge in [-0.15, -0.1) is 0 Å². The Morgan fingerprint density at radius 3 is 2.41 bits per heavy atom. The van der Waals surface area contributed by atoms with Crippen LogP contribution in [0.1, 0.15) is 11.1 Å². The zero-order valence-electron chi connectivity index (χ0n) is 9.43. The molecule has 2 N–H and O–H groups in total. The molecule has 0 saturated carbocycles. The van der Waals surface area contributed by atoms with E-state index in [-0.39, 0.29) is 0 Å². The largest absolute Gasteiger partial charge is 0.362 e. The molecule has 0 radical (unpaired) electrons. The quantitative estimate of drug-likeness (QED) is 0.509. The van der Waals surface area contributed by atoms with Crippen molar-refractivity contribution in [2.45, 2.75) is 23.8 Å². The molecule has 0 fully saturated rings. The summed E-state index contributed by atoms with van der Waals surface area (Å²) in [7, 11) is 0. The summed E-state index contributed by atoms with van der Waals surface area (Å²) in [4.78, 5) is 10.5. The molecule has 0 aliphatic carbocycles. The molecule has 0 aromatic heterocycles. The molecule has 94 valence electrons. The molecule has 1 amide bonds. The minimum atomic E-state index is -1.63. The van der Waals surface area contributed by atoms with Crippen LogP contribution < -0.4 is 10.6 Å². The van der Waals surface area contributed by atoms with Crippen LogP contribution in [-0.2, 0) is 4.79 Å². The van der Waals surface area contributed by atoms with E-state index in [4.69, 9.17) is 34.8 Å². The zero-order chi connectivity index (χ0) is 13.1. The topological polar surface area (TPSA) is 41.1 Å². The van der Waals surface area contributed by atoms with Gasteiger partial charge in [0.2, 0.25) is 10.2 Å². The smallest absolute Gasteiger partial charge is 0.228 e. The monoisotopic (exact) mass is 294 g/mol. The van der Waals surface area contributed by atoms with Crippen LogP contribution in [0.15, 0.2) is 18.2 Å². The minimum Gasteiger partial charge on any atom is -0.362 e. The summed E-state index contributed by atoms with van der Waals surface area (Å²) in [5.74, 6) is 0. The van der Waals surface area contributed by atoms with Crippen molar-refractivity contribution in [2.24, 2.45) is 0 Å². The van der Waals surface area contributed by atoms with Gasteiger partial charge in [0.25, 0.3) is 0 Å². The third kappa shape index (κ3) is 4.26. The standard InChI is InChI=1S/C11H13Cl3N2O/c1-7-3-4-9(8(2)5-7)16-10(15-6-17)11(12,13)14/h3-6,10,16H,1-2H3,(H,15,17)/t10-/m0/s1. The molecule has 1 aromatic rings. The molecule has 0 aliphatic rings. The molecule has 0 heterocycles. The van der Waals surface area contributed by atoms with Gasteiger partial charge in [0.05, 0.1) is 0 Å². The first-order chi connectivity index (χ1) is 7.84. The second-order valence-electron chi connectivity index (χ2n) is 3.72.